The summed E-state index contributed by atoms with van der Waals surface area (Å²) in [4.78, 5) is 17.9. The Labute approximate surface area is 133 Å². The molecular formula is C15H18N4O4. The second-order valence-electron chi connectivity index (χ2n) is 5.00. The van der Waals surface area contributed by atoms with E-state index in [1.165, 1.54) is 0 Å². The van der Waals surface area contributed by atoms with Crippen molar-refractivity contribution in [1.82, 2.24) is 20.4 Å². The Balaban J connectivity index is 1.57. The lowest BCUT2D eigenvalue weighted by atomic mass is 10.2. The van der Waals surface area contributed by atoms with Crippen LogP contribution in [0.3, 0.4) is 0 Å². The molecule has 0 atom stereocenters. The maximum Gasteiger partial charge on any atom is 0.317 e. The van der Waals surface area contributed by atoms with Gasteiger partial charge in [-0.05, 0) is 24.3 Å². The summed E-state index contributed by atoms with van der Waals surface area (Å²) < 4.78 is 15.5. The first-order valence-electron chi connectivity index (χ1n) is 7.34. The predicted molar refractivity (Wildman–Crippen MR) is 80.9 cm³/mol. The molecule has 8 heteroatoms. The van der Waals surface area contributed by atoms with Crippen molar-refractivity contribution in [3.8, 4) is 17.1 Å². The Morgan fingerprint density at radius 2 is 2.04 bits per heavy atom. The number of benzene rings is 1. The average Bonchev–Trinajstić information content (AvgIpc) is 3.09. The van der Waals surface area contributed by atoms with Crippen LogP contribution < -0.4 is 10.1 Å². The Bertz CT molecular complexity index is 650. The average molecular weight is 318 g/mol. The van der Waals surface area contributed by atoms with Gasteiger partial charge >= 0.3 is 6.03 Å². The van der Waals surface area contributed by atoms with E-state index < -0.39 is 0 Å². The van der Waals surface area contributed by atoms with Gasteiger partial charge in [0.15, 0.2) is 0 Å². The minimum absolute atomic E-state index is 0.155. The van der Waals surface area contributed by atoms with E-state index in [9.17, 15) is 4.79 Å². The van der Waals surface area contributed by atoms with Crippen molar-refractivity contribution >= 4 is 6.03 Å². The lowest BCUT2D eigenvalue weighted by Gasteiger charge is -2.26. The maximum atomic E-state index is 12.0. The summed E-state index contributed by atoms with van der Waals surface area (Å²) in [6.45, 7) is 2.50. The number of amides is 2. The molecule has 1 aliphatic heterocycles. The van der Waals surface area contributed by atoms with Gasteiger partial charge < -0.3 is 24.2 Å². The Hall–Kier alpha value is -2.61. The van der Waals surface area contributed by atoms with Gasteiger partial charge in [-0.2, -0.15) is 4.98 Å². The Morgan fingerprint density at radius 1 is 1.30 bits per heavy atom. The molecule has 1 aromatic heterocycles. The van der Waals surface area contributed by atoms with Gasteiger partial charge in [-0.15, -0.1) is 0 Å². The van der Waals surface area contributed by atoms with Crippen molar-refractivity contribution in [3.05, 3.63) is 30.2 Å². The molecule has 0 unspecified atom stereocenters. The van der Waals surface area contributed by atoms with E-state index in [1.807, 2.05) is 24.3 Å². The highest BCUT2D eigenvalue weighted by Gasteiger charge is 2.17. The fraction of sp³-hybridized carbons (Fsp3) is 0.400. The summed E-state index contributed by atoms with van der Waals surface area (Å²) in [5.41, 5.74) is 0.820. The van der Waals surface area contributed by atoms with Crippen LogP contribution in [0.1, 0.15) is 5.89 Å². The number of methoxy groups -OCH3 is 1. The maximum absolute atomic E-state index is 12.0. The van der Waals surface area contributed by atoms with Crippen LogP contribution in [0, 0.1) is 0 Å². The van der Waals surface area contributed by atoms with Crippen LogP contribution in [0.4, 0.5) is 4.79 Å². The van der Waals surface area contributed by atoms with Crippen molar-refractivity contribution < 1.29 is 18.8 Å². The van der Waals surface area contributed by atoms with E-state index in [-0.39, 0.29) is 12.6 Å². The van der Waals surface area contributed by atoms with Crippen molar-refractivity contribution in [1.29, 1.82) is 0 Å². The minimum atomic E-state index is -0.155. The third kappa shape index (κ3) is 3.78. The second kappa shape index (κ2) is 7.10. The zero-order chi connectivity index (χ0) is 16.1. The van der Waals surface area contributed by atoms with Crippen LogP contribution >= 0.6 is 0 Å². The Morgan fingerprint density at radius 3 is 2.74 bits per heavy atom. The third-order valence-electron chi connectivity index (χ3n) is 3.51. The smallest absolute Gasteiger partial charge is 0.317 e. The number of nitrogens with one attached hydrogen (secondary N) is 1. The molecule has 1 aliphatic rings. The lowest BCUT2D eigenvalue weighted by molar-refractivity contribution is 0.0529. The standard InChI is InChI=1S/C15H18N4O4/c1-21-12-4-2-11(3-5-12)14-17-13(23-18-14)10-16-15(20)19-6-8-22-9-7-19/h2-5H,6-10H2,1H3,(H,16,20). The van der Waals surface area contributed by atoms with Crippen molar-refractivity contribution in [2.24, 2.45) is 0 Å². The fourth-order valence-corrected chi connectivity index (χ4v) is 2.21. The largest absolute Gasteiger partial charge is 0.497 e. The van der Waals surface area contributed by atoms with Gasteiger partial charge in [-0.25, -0.2) is 4.79 Å². The van der Waals surface area contributed by atoms with Gasteiger partial charge in [-0.1, -0.05) is 5.16 Å². The molecule has 0 saturated carbocycles. The molecule has 3 rings (SSSR count). The number of rotatable bonds is 4. The Kier molecular flexibility index (Phi) is 4.72. The summed E-state index contributed by atoms with van der Waals surface area (Å²) in [5.74, 6) is 1.59. The zero-order valence-corrected chi connectivity index (χ0v) is 12.8. The van der Waals surface area contributed by atoms with Crippen LogP contribution in [0.25, 0.3) is 11.4 Å². The molecule has 1 fully saturated rings. The number of hydrogen-bond donors (Lipinski definition) is 1. The number of nitrogens with zero attached hydrogens (tertiary/aromatic N) is 3. The number of ether oxygens (including phenoxy) is 2. The van der Waals surface area contributed by atoms with Crippen molar-refractivity contribution in [2.75, 3.05) is 33.4 Å². The lowest BCUT2D eigenvalue weighted by Crippen LogP contribution is -2.45. The molecule has 2 amide bonds. The molecule has 1 N–H and O–H groups in total. The zero-order valence-electron chi connectivity index (χ0n) is 12.8. The summed E-state index contributed by atoms with van der Waals surface area (Å²) in [5, 5.41) is 6.69. The first-order chi connectivity index (χ1) is 11.3. The SMILES string of the molecule is COc1ccc(-c2noc(CNC(=O)N3CCOCC3)n2)cc1. The van der Waals surface area contributed by atoms with Crippen molar-refractivity contribution in [2.45, 2.75) is 6.54 Å². The van der Waals surface area contributed by atoms with Gasteiger partial charge in [0, 0.05) is 18.7 Å². The number of aromatic nitrogens is 2. The number of urea groups is 1. The quantitative estimate of drug-likeness (QED) is 0.913. The van der Waals surface area contributed by atoms with Crippen LogP contribution in [0.15, 0.2) is 28.8 Å². The molecule has 1 aromatic carbocycles. The number of carbonyl (C=O) groups is 1. The molecule has 0 spiro atoms. The molecule has 2 heterocycles. The van der Waals surface area contributed by atoms with Gasteiger partial charge in [0.1, 0.15) is 5.75 Å². The second-order valence-corrected chi connectivity index (χ2v) is 5.00. The summed E-state index contributed by atoms with van der Waals surface area (Å²) in [6, 6.07) is 7.19. The van der Waals surface area contributed by atoms with E-state index >= 15 is 0 Å². The first kappa shape index (κ1) is 15.3. The number of carbonyl (C=O) groups excluding carboxylic acids is 1. The van der Waals surface area contributed by atoms with Crippen LogP contribution in [0.5, 0.6) is 5.75 Å². The van der Waals surface area contributed by atoms with Crippen LogP contribution in [-0.4, -0.2) is 54.5 Å². The van der Waals surface area contributed by atoms with E-state index in [0.717, 1.165) is 11.3 Å². The highest BCUT2D eigenvalue weighted by molar-refractivity contribution is 5.74. The summed E-state index contributed by atoms with van der Waals surface area (Å²) in [6.07, 6.45) is 0. The molecule has 1 saturated heterocycles. The topological polar surface area (TPSA) is 89.7 Å². The van der Waals surface area contributed by atoms with E-state index in [2.05, 4.69) is 15.5 Å². The van der Waals surface area contributed by atoms with E-state index in [1.54, 1.807) is 12.0 Å². The molecule has 122 valence electrons. The summed E-state index contributed by atoms with van der Waals surface area (Å²) >= 11 is 0. The van der Waals surface area contributed by atoms with E-state index in [0.29, 0.717) is 38.0 Å². The number of morpholine rings is 1. The molecule has 0 radical (unpaired) electrons. The first-order valence-corrected chi connectivity index (χ1v) is 7.34. The highest BCUT2D eigenvalue weighted by Crippen LogP contribution is 2.19. The van der Waals surface area contributed by atoms with Crippen molar-refractivity contribution in [3.63, 3.8) is 0 Å². The van der Waals surface area contributed by atoms with Gasteiger partial charge in [0.2, 0.25) is 11.7 Å². The molecule has 2 aromatic rings. The molecular weight excluding hydrogens is 300 g/mol. The minimum Gasteiger partial charge on any atom is -0.497 e. The molecule has 8 nitrogen and oxygen atoms in total. The van der Waals surface area contributed by atoms with Gasteiger partial charge in [0.25, 0.3) is 0 Å². The van der Waals surface area contributed by atoms with Crippen LogP contribution in [-0.2, 0) is 11.3 Å². The number of hydrogen-bond acceptors (Lipinski definition) is 6. The van der Waals surface area contributed by atoms with E-state index in [4.69, 9.17) is 14.0 Å². The summed E-state index contributed by atoms with van der Waals surface area (Å²) in [7, 11) is 1.61. The predicted octanol–water partition coefficient (Wildman–Crippen LogP) is 1.29. The van der Waals surface area contributed by atoms with Gasteiger partial charge in [-0.3, -0.25) is 0 Å². The van der Waals surface area contributed by atoms with Crippen LogP contribution in [0.2, 0.25) is 0 Å². The molecule has 23 heavy (non-hydrogen) atoms. The molecule has 0 bridgehead atoms. The molecule has 0 aliphatic carbocycles. The van der Waals surface area contributed by atoms with Gasteiger partial charge in [0.05, 0.1) is 26.9 Å². The third-order valence-corrected chi connectivity index (χ3v) is 3.51. The fourth-order valence-electron chi connectivity index (χ4n) is 2.21. The monoisotopic (exact) mass is 318 g/mol. The highest BCUT2D eigenvalue weighted by atomic mass is 16.5. The normalized spacial score (nSPS) is 14.6.